The van der Waals surface area contributed by atoms with Gasteiger partial charge in [0.05, 0.1) is 5.41 Å². The number of anilines is 3. The summed E-state index contributed by atoms with van der Waals surface area (Å²) in [6.45, 7) is 2.13. The second-order valence-corrected chi connectivity index (χ2v) is 13.4. The van der Waals surface area contributed by atoms with E-state index in [0.29, 0.717) is 0 Å². The average molecular weight is 652 g/mol. The van der Waals surface area contributed by atoms with Gasteiger partial charge >= 0.3 is 0 Å². The summed E-state index contributed by atoms with van der Waals surface area (Å²) in [5, 5.41) is 0. The van der Waals surface area contributed by atoms with Gasteiger partial charge in [-0.2, -0.15) is 0 Å². The van der Waals surface area contributed by atoms with Crippen molar-refractivity contribution in [3.05, 3.63) is 234 Å². The summed E-state index contributed by atoms with van der Waals surface area (Å²) in [7, 11) is 0. The van der Waals surface area contributed by atoms with E-state index in [4.69, 9.17) is 0 Å². The van der Waals surface area contributed by atoms with Crippen LogP contribution in [-0.4, -0.2) is 0 Å². The highest BCUT2D eigenvalue weighted by Crippen LogP contribution is 2.56. The molecule has 0 heterocycles. The minimum Gasteiger partial charge on any atom is -0.311 e. The minimum atomic E-state index is -0.426. The molecule has 0 aliphatic heterocycles. The third-order valence-electron chi connectivity index (χ3n) is 10.5. The first-order valence-corrected chi connectivity index (χ1v) is 17.7. The van der Waals surface area contributed by atoms with Gasteiger partial charge in [-0.1, -0.05) is 175 Å². The lowest BCUT2D eigenvalue weighted by Crippen LogP contribution is -2.28. The summed E-state index contributed by atoms with van der Waals surface area (Å²) in [6.07, 6.45) is 0. The predicted molar refractivity (Wildman–Crippen MR) is 214 cm³/mol. The maximum atomic E-state index is 2.36. The van der Waals surface area contributed by atoms with E-state index in [1.807, 2.05) is 0 Å². The van der Waals surface area contributed by atoms with Crippen LogP contribution in [0.15, 0.2) is 206 Å². The number of aryl methyl sites for hydroxylation is 1. The van der Waals surface area contributed by atoms with E-state index in [0.717, 1.165) is 17.1 Å². The zero-order valence-electron chi connectivity index (χ0n) is 28.6. The van der Waals surface area contributed by atoms with E-state index < -0.39 is 5.41 Å². The Kier molecular flexibility index (Phi) is 7.67. The van der Waals surface area contributed by atoms with E-state index >= 15 is 0 Å². The SMILES string of the molecule is Cc1ccc(-c2ccc(N(c3ccc(-c4ccccc4)cc3)c3ccc(C4(c5ccccc5)c5ccccc5-c5ccccc54)cc3)cc2)cc1. The summed E-state index contributed by atoms with van der Waals surface area (Å²) in [5.74, 6) is 0. The highest BCUT2D eigenvalue weighted by molar-refractivity contribution is 5.87. The number of hydrogen-bond donors (Lipinski definition) is 0. The van der Waals surface area contributed by atoms with E-state index in [-0.39, 0.29) is 0 Å². The topological polar surface area (TPSA) is 3.24 Å². The van der Waals surface area contributed by atoms with E-state index in [2.05, 4.69) is 218 Å². The van der Waals surface area contributed by atoms with Crippen molar-refractivity contribution in [3.8, 4) is 33.4 Å². The first kappa shape index (κ1) is 30.6. The Morgan fingerprint density at radius 3 is 1.16 bits per heavy atom. The summed E-state index contributed by atoms with van der Waals surface area (Å²) >= 11 is 0. The molecule has 0 bridgehead atoms. The fourth-order valence-corrected chi connectivity index (χ4v) is 8.00. The van der Waals surface area contributed by atoms with Gasteiger partial charge in [0, 0.05) is 17.1 Å². The van der Waals surface area contributed by atoms with Gasteiger partial charge in [0.1, 0.15) is 0 Å². The van der Waals surface area contributed by atoms with Crippen molar-refractivity contribution in [3.63, 3.8) is 0 Å². The Hall–Kier alpha value is -6.44. The lowest BCUT2D eigenvalue weighted by Gasteiger charge is -2.34. The molecule has 51 heavy (non-hydrogen) atoms. The summed E-state index contributed by atoms with van der Waals surface area (Å²) in [6, 6.07) is 75.3. The van der Waals surface area contributed by atoms with Gasteiger partial charge in [-0.25, -0.2) is 0 Å². The monoisotopic (exact) mass is 651 g/mol. The molecule has 242 valence electrons. The molecule has 0 saturated carbocycles. The van der Waals surface area contributed by atoms with Crippen LogP contribution in [0.5, 0.6) is 0 Å². The van der Waals surface area contributed by atoms with Crippen LogP contribution in [0.25, 0.3) is 33.4 Å². The number of nitrogens with zero attached hydrogens (tertiary/aromatic N) is 1. The van der Waals surface area contributed by atoms with Crippen molar-refractivity contribution in [2.24, 2.45) is 0 Å². The molecule has 0 amide bonds. The molecule has 0 fully saturated rings. The Labute approximate surface area is 300 Å². The zero-order valence-corrected chi connectivity index (χ0v) is 28.6. The normalized spacial score (nSPS) is 12.6. The molecule has 0 spiro atoms. The van der Waals surface area contributed by atoms with Crippen molar-refractivity contribution in [1.82, 2.24) is 0 Å². The summed E-state index contributed by atoms with van der Waals surface area (Å²) < 4.78 is 0. The third kappa shape index (κ3) is 5.26. The molecule has 1 aliphatic carbocycles. The Bertz CT molecular complexity index is 2380. The average Bonchev–Trinajstić information content (AvgIpc) is 3.51. The fourth-order valence-electron chi connectivity index (χ4n) is 8.00. The van der Waals surface area contributed by atoms with Crippen LogP contribution < -0.4 is 4.90 Å². The molecule has 0 saturated heterocycles. The summed E-state index contributed by atoms with van der Waals surface area (Å²) in [5.41, 5.74) is 16.8. The molecule has 0 aromatic heterocycles. The molecule has 8 aromatic carbocycles. The Morgan fingerprint density at radius 1 is 0.314 bits per heavy atom. The maximum Gasteiger partial charge on any atom is 0.0713 e. The lowest BCUT2D eigenvalue weighted by atomic mass is 9.68. The largest absolute Gasteiger partial charge is 0.311 e. The smallest absolute Gasteiger partial charge is 0.0713 e. The zero-order chi connectivity index (χ0) is 34.2. The second kappa shape index (κ2) is 12.8. The Morgan fingerprint density at radius 2 is 0.667 bits per heavy atom. The number of fused-ring (bicyclic) bond motifs is 3. The first-order valence-electron chi connectivity index (χ1n) is 17.7. The molecular formula is C50H37N. The van der Waals surface area contributed by atoms with Gasteiger partial charge in [-0.15, -0.1) is 0 Å². The molecule has 0 unspecified atom stereocenters. The minimum absolute atomic E-state index is 0.426. The van der Waals surface area contributed by atoms with Crippen molar-refractivity contribution in [2.75, 3.05) is 4.90 Å². The van der Waals surface area contributed by atoms with Crippen LogP contribution in [0.2, 0.25) is 0 Å². The standard InChI is InChI=1S/C50H37N/c1-36-20-22-38(23-21-36)40-26-32-44(33-27-40)51(43-30-24-39(25-31-43)37-12-4-2-5-13-37)45-34-28-42(29-35-45)50(41-14-6-3-7-15-41)48-18-10-8-16-46(48)47-17-9-11-19-49(47)50/h2-35H,1H3. The lowest BCUT2D eigenvalue weighted by molar-refractivity contribution is 0.768. The number of rotatable bonds is 7. The highest BCUT2D eigenvalue weighted by atomic mass is 15.1. The third-order valence-corrected chi connectivity index (χ3v) is 10.5. The van der Waals surface area contributed by atoms with Crippen LogP contribution in [0.1, 0.15) is 27.8 Å². The molecule has 1 aliphatic rings. The summed E-state index contributed by atoms with van der Waals surface area (Å²) in [4.78, 5) is 2.36. The fraction of sp³-hybridized carbons (Fsp3) is 0.0400. The van der Waals surface area contributed by atoms with Gasteiger partial charge < -0.3 is 4.90 Å². The number of hydrogen-bond acceptors (Lipinski definition) is 1. The van der Waals surface area contributed by atoms with Crippen LogP contribution >= 0.6 is 0 Å². The van der Waals surface area contributed by atoms with Crippen LogP contribution in [-0.2, 0) is 5.41 Å². The predicted octanol–water partition coefficient (Wildman–Crippen LogP) is 13.2. The van der Waals surface area contributed by atoms with Crippen molar-refractivity contribution in [2.45, 2.75) is 12.3 Å². The van der Waals surface area contributed by atoms with Crippen LogP contribution in [0.4, 0.5) is 17.1 Å². The molecule has 1 nitrogen and oxygen atoms in total. The molecule has 0 atom stereocenters. The quantitative estimate of drug-likeness (QED) is 0.166. The number of benzene rings is 8. The second-order valence-electron chi connectivity index (χ2n) is 13.4. The van der Waals surface area contributed by atoms with Crippen LogP contribution in [0, 0.1) is 6.92 Å². The van der Waals surface area contributed by atoms with Gasteiger partial charge in [0.15, 0.2) is 0 Å². The molecule has 8 aromatic rings. The molecular weight excluding hydrogens is 615 g/mol. The molecule has 0 N–H and O–H groups in total. The van der Waals surface area contributed by atoms with Gasteiger partial charge in [-0.05, 0) is 99.0 Å². The van der Waals surface area contributed by atoms with Gasteiger partial charge in [0.25, 0.3) is 0 Å². The van der Waals surface area contributed by atoms with Crippen molar-refractivity contribution in [1.29, 1.82) is 0 Å². The first-order chi connectivity index (χ1) is 25.2. The van der Waals surface area contributed by atoms with Crippen molar-refractivity contribution < 1.29 is 0 Å². The Balaban J connectivity index is 1.18. The van der Waals surface area contributed by atoms with Gasteiger partial charge in [-0.3, -0.25) is 0 Å². The van der Waals surface area contributed by atoms with E-state index in [9.17, 15) is 0 Å². The molecule has 0 radical (unpaired) electrons. The van der Waals surface area contributed by atoms with E-state index in [1.165, 1.54) is 61.2 Å². The van der Waals surface area contributed by atoms with Crippen molar-refractivity contribution >= 4 is 17.1 Å². The van der Waals surface area contributed by atoms with Crippen LogP contribution in [0.3, 0.4) is 0 Å². The highest BCUT2D eigenvalue weighted by Gasteiger charge is 2.45. The maximum absolute atomic E-state index is 2.36. The van der Waals surface area contributed by atoms with Gasteiger partial charge in [0.2, 0.25) is 0 Å². The molecule has 1 heteroatoms. The molecule has 9 rings (SSSR count). The van der Waals surface area contributed by atoms with E-state index in [1.54, 1.807) is 0 Å².